The van der Waals surface area contributed by atoms with E-state index in [-0.39, 0.29) is 24.0 Å². The van der Waals surface area contributed by atoms with Crippen LogP contribution in [-0.4, -0.2) is 74.0 Å². The zero-order valence-electron chi connectivity index (χ0n) is 16.6. The summed E-state index contributed by atoms with van der Waals surface area (Å²) in [6.07, 6.45) is 4.70. The minimum absolute atomic E-state index is 0. The number of unbranched alkanes of at least 4 members (excludes halogenated alkanes) is 1. The molecule has 0 saturated carbocycles. The number of ether oxygens (including phenoxy) is 1. The number of halogens is 1. The van der Waals surface area contributed by atoms with Gasteiger partial charge >= 0.3 is 0 Å². The molecule has 156 valence electrons. The first kappa shape index (κ1) is 24.2. The molecule has 1 atom stereocenters. The van der Waals surface area contributed by atoms with Gasteiger partial charge in [-0.3, -0.25) is 9.89 Å². The second kappa shape index (κ2) is 13.4. The van der Waals surface area contributed by atoms with Crippen LogP contribution in [0.4, 0.5) is 0 Å². The average molecular weight is 494 g/mol. The molecule has 7 nitrogen and oxygen atoms in total. The number of furan rings is 1. The first-order valence-electron chi connectivity index (χ1n) is 9.66. The predicted molar refractivity (Wildman–Crippen MR) is 119 cm³/mol. The van der Waals surface area contributed by atoms with Crippen molar-refractivity contribution in [3.05, 3.63) is 24.2 Å². The number of hydrogen-bond donors (Lipinski definition) is 3. The third kappa shape index (κ3) is 10.3. The Labute approximate surface area is 180 Å². The summed E-state index contributed by atoms with van der Waals surface area (Å²) in [5.41, 5.74) is -0.863. The number of nitrogens with zero attached hydrogens (tertiary/aromatic N) is 2. The van der Waals surface area contributed by atoms with Crippen molar-refractivity contribution in [2.24, 2.45) is 4.99 Å². The highest BCUT2D eigenvalue weighted by Crippen LogP contribution is 2.09. The number of guanidine groups is 1. The maximum atomic E-state index is 10.7. The van der Waals surface area contributed by atoms with Crippen LogP contribution in [0.3, 0.4) is 0 Å². The Morgan fingerprint density at radius 2 is 2.04 bits per heavy atom. The van der Waals surface area contributed by atoms with E-state index >= 15 is 0 Å². The van der Waals surface area contributed by atoms with E-state index in [4.69, 9.17) is 9.15 Å². The number of rotatable bonds is 10. The van der Waals surface area contributed by atoms with Gasteiger partial charge in [0.15, 0.2) is 5.96 Å². The number of nitrogens with one attached hydrogen (secondary N) is 2. The molecule has 0 aliphatic carbocycles. The lowest BCUT2D eigenvalue weighted by molar-refractivity contribution is -0.0180. The Kier molecular flexibility index (Phi) is 12.0. The highest BCUT2D eigenvalue weighted by atomic mass is 127. The normalized spacial score (nSPS) is 17.8. The van der Waals surface area contributed by atoms with Crippen molar-refractivity contribution in [3.63, 3.8) is 0 Å². The molecule has 0 amide bonds. The van der Waals surface area contributed by atoms with Crippen molar-refractivity contribution in [3.8, 4) is 0 Å². The number of aliphatic imine (C=N–C) groups is 1. The van der Waals surface area contributed by atoms with E-state index in [9.17, 15) is 5.11 Å². The Hall–Kier alpha value is -0.840. The minimum Gasteiger partial charge on any atom is -0.469 e. The molecular formula is C19H35IN4O3. The molecule has 1 fully saturated rings. The molecule has 2 rings (SSSR count). The van der Waals surface area contributed by atoms with Crippen molar-refractivity contribution in [2.75, 3.05) is 52.5 Å². The van der Waals surface area contributed by atoms with Gasteiger partial charge in [-0.15, -0.1) is 24.0 Å². The number of morpholine rings is 1. The molecule has 27 heavy (non-hydrogen) atoms. The lowest BCUT2D eigenvalue weighted by atomic mass is 10.1. The quantitative estimate of drug-likeness (QED) is 0.200. The molecule has 1 aromatic heterocycles. The number of aliphatic hydroxyl groups is 1. The number of β-amino-alcohol motifs (C(OH)–C–C–N with tert-alkyl or cyclic N) is 1. The highest BCUT2D eigenvalue weighted by Gasteiger charge is 2.25. The SMILES string of the molecule is CCCCNC(=NCC(C)(O)CN1CCOCC1)NCCc1ccco1.I. The Balaban J connectivity index is 0.00000364. The van der Waals surface area contributed by atoms with Crippen molar-refractivity contribution < 1.29 is 14.3 Å². The van der Waals surface area contributed by atoms with E-state index in [1.807, 2.05) is 19.1 Å². The average Bonchev–Trinajstić information content (AvgIpc) is 3.13. The van der Waals surface area contributed by atoms with Gasteiger partial charge in [-0.1, -0.05) is 13.3 Å². The summed E-state index contributed by atoms with van der Waals surface area (Å²) in [7, 11) is 0. The van der Waals surface area contributed by atoms with Crippen LogP contribution >= 0.6 is 24.0 Å². The van der Waals surface area contributed by atoms with E-state index in [0.29, 0.717) is 13.1 Å². The summed E-state index contributed by atoms with van der Waals surface area (Å²) in [4.78, 5) is 6.84. The lowest BCUT2D eigenvalue weighted by Gasteiger charge is -2.33. The molecule has 0 radical (unpaired) electrons. The Morgan fingerprint density at radius 1 is 1.30 bits per heavy atom. The standard InChI is InChI=1S/C19H34N4O3.HI/c1-3-4-8-20-18(21-9-7-17-6-5-12-26-17)22-15-19(2,24)16-23-10-13-25-14-11-23;/h5-6,12,24H,3-4,7-11,13-16H2,1-2H3,(H2,20,21,22);1H. The summed E-state index contributed by atoms with van der Waals surface area (Å²) in [6.45, 7) is 9.77. The summed E-state index contributed by atoms with van der Waals surface area (Å²) >= 11 is 0. The van der Waals surface area contributed by atoms with Crippen LogP contribution in [0.25, 0.3) is 0 Å². The van der Waals surface area contributed by atoms with Crippen molar-refractivity contribution in [1.29, 1.82) is 0 Å². The summed E-state index contributed by atoms with van der Waals surface area (Å²) in [5.74, 6) is 1.69. The van der Waals surface area contributed by atoms with Crippen LogP contribution in [0.1, 0.15) is 32.4 Å². The van der Waals surface area contributed by atoms with Gasteiger partial charge in [-0.2, -0.15) is 0 Å². The lowest BCUT2D eigenvalue weighted by Crippen LogP contribution is -2.48. The van der Waals surface area contributed by atoms with Gasteiger partial charge in [0.25, 0.3) is 0 Å². The second-order valence-electron chi connectivity index (χ2n) is 7.09. The van der Waals surface area contributed by atoms with Gasteiger partial charge in [0.1, 0.15) is 5.76 Å². The summed E-state index contributed by atoms with van der Waals surface area (Å²) < 4.78 is 10.7. The summed E-state index contributed by atoms with van der Waals surface area (Å²) in [5, 5.41) is 17.4. The van der Waals surface area contributed by atoms with Gasteiger partial charge in [-0.25, -0.2) is 0 Å². The third-order valence-corrected chi connectivity index (χ3v) is 4.31. The predicted octanol–water partition coefficient (Wildman–Crippen LogP) is 1.86. The molecule has 0 bridgehead atoms. The van der Waals surface area contributed by atoms with Gasteiger partial charge in [0, 0.05) is 39.1 Å². The maximum Gasteiger partial charge on any atom is 0.191 e. The van der Waals surface area contributed by atoms with Crippen LogP contribution in [0.5, 0.6) is 0 Å². The van der Waals surface area contributed by atoms with Crippen molar-refractivity contribution >= 4 is 29.9 Å². The molecule has 1 saturated heterocycles. The molecule has 2 heterocycles. The van der Waals surface area contributed by atoms with Crippen LogP contribution in [-0.2, 0) is 11.2 Å². The van der Waals surface area contributed by atoms with E-state index in [1.54, 1.807) is 6.26 Å². The number of hydrogen-bond acceptors (Lipinski definition) is 5. The highest BCUT2D eigenvalue weighted by molar-refractivity contribution is 14.0. The minimum atomic E-state index is -0.863. The monoisotopic (exact) mass is 494 g/mol. The molecule has 0 aromatic carbocycles. The van der Waals surface area contributed by atoms with Gasteiger partial charge in [-0.05, 0) is 25.5 Å². The zero-order valence-corrected chi connectivity index (χ0v) is 18.9. The van der Waals surface area contributed by atoms with Gasteiger partial charge in [0.05, 0.1) is 31.6 Å². The maximum absolute atomic E-state index is 10.7. The van der Waals surface area contributed by atoms with E-state index in [1.165, 1.54) is 0 Å². The topological polar surface area (TPSA) is 82.3 Å². The van der Waals surface area contributed by atoms with Gasteiger partial charge in [0.2, 0.25) is 0 Å². The molecule has 3 N–H and O–H groups in total. The van der Waals surface area contributed by atoms with Crippen LogP contribution in [0.15, 0.2) is 27.8 Å². The molecule has 1 unspecified atom stereocenters. The van der Waals surface area contributed by atoms with E-state index in [2.05, 4.69) is 27.4 Å². The van der Waals surface area contributed by atoms with Gasteiger partial charge < -0.3 is 24.9 Å². The zero-order chi connectivity index (χ0) is 18.7. The largest absolute Gasteiger partial charge is 0.469 e. The first-order chi connectivity index (χ1) is 12.6. The molecule has 1 aliphatic heterocycles. The molecule has 1 aromatic rings. The van der Waals surface area contributed by atoms with Crippen LogP contribution in [0, 0.1) is 0 Å². The Morgan fingerprint density at radius 3 is 2.70 bits per heavy atom. The van der Waals surface area contributed by atoms with Crippen LogP contribution in [0.2, 0.25) is 0 Å². The first-order valence-corrected chi connectivity index (χ1v) is 9.66. The fourth-order valence-corrected chi connectivity index (χ4v) is 2.86. The van der Waals surface area contributed by atoms with Crippen molar-refractivity contribution in [1.82, 2.24) is 15.5 Å². The third-order valence-electron chi connectivity index (χ3n) is 4.31. The van der Waals surface area contributed by atoms with Crippen LogP contribution < -0.4 is 10.6 Å². The fraction of sp³-hybridized carbons (Fsp3) is 0.737. The summed E-state index contributed by atoms with van der Waals surface area (Å²) in [6, 6.07) is 3.86. The van der Waals surface area contributed by atoms with Crippen molar-refractivity contribution in [2.45, 2.75) is 38.7 Å². The van der Waals surface area contributed by atoms with E-state index in [0.717, 1.165) is 70.4 Å². The molecule has 1 aliphatic rings. The van der Waals surface area contributed by atoms with E-state index < -0.39 is 5.60 Å². The molecule has 8 heteroatoms. The smallest absolute Gasteiger partial charge is 0.191 e. The second-order valence-corrected chi connectivity index (χ2v) is 7.09. The molecular weight excluding hydrogens is 459 g/mol. The Bertz CT molecular complexity index is 517. The fourth-order valence-electron chi connectivity index (χ4n) is 2.86. The molecule has 0 spiro atoms.